The molecule has 1 N–H and O–H groups in total. The summed E-state index contributed by atoms with van der Waals surface area (Å²) in [6, 6.07) is 13.1. The summed E-state index contributed by atoms with van der Waals surface area (Å²) in [5, 5.41) is 20.8. The maximum absolute atomic E-state index is 9.32. The fraction of sp³-hybridized carbons (Fsp3) is 0.421. The van der Waals surface area contributed by atoms with Gasteiger partial charge in [0.2, 0.25) is 0 Å². The van der Waals surface area contributed by atoms with E-state index < -0.39 is 0 Å². The summed E-state index contributed by atoms with van der Waals surface area (Å²) >= 11 is 0. The number of benzene rings is 1. The summed E-state index contributed by atoms with van der Waals surface area (Å²) < 4.78 is 0. The van der Waals surface area contributed by atoms with Gasteiger partial charge < -0.3 is 5.32 Å². The first-order valence-corrected chi connectivity index (χ1v) is 8.25. The van der Waals surface area contributed by atoms with E-state index in [1.54, 1.807) is 0 Å². The number of rotatable bonds is 7. The lowest BCUT2D eigenvalue weighted by Gasteiger charge is -2.25. The second-order valence-corrected chi connectivity index (χ2v) is 6.21. The molecule has 1 unspecified atom stereocenters. The quantitative estimate of drug-likeness (QED) is 0.847. The molecule has 0 aliphatic heterocycles. The number of aromatic nitrogens is 2. The average molecular weight is 323 g/mol. The van der Waals surface area contributed by atoms with Gasteiger partial charge in [-0.3, -0.25) is 4.90 Å². The van der Waals surface area contributed by atoms with Crippen LogP contribution >= 0.6 is 0 Å². The molecular formula is C19H25N5. The molecule has 1 heterocycles. The summed E-state index contributed by atoms with van der Waals surface area (Å²) in [5.41, 5.74) is 3.59. The third kappa shape index (κ3) is 4.53. The van der Waals surface area contributed by atoms with Crippen molar-refractivity contribution in [2.45, 2.75) is 39.8 Å². The van der Waals surface area contributed by atoms with Crippen molar-refractivity contribution < 1.29 is 0 Å². The van der Waals surface area contributed by atoms with Crippen LogP contribution in [0.1, 0.15) is 35.7 Å². The lowest BCUT2D eigenvalue weighted by Crippen LogP contribution is -2.30. The van der Waals surface area contributed by atoms with E-state index in [0.717, 1.165) is 30.8 Å². The molecule has 1 atom stereocenters. The molecule has 2 aromatic rings. The van der Waals surface area contributed by atoms with Gasteiger partial charge in [0.1, 0.15) is 11.6 Å². The van der Waals surface area contributed by atoms with Gasteiger partial charge in [0, 0.05) is 19.1 Å². The highest BCUT2D eigenvalue weighted by Gasteiger charge is 2.12. The van der Waals surface area contributed by atoms with Crippen molar-refractivity contribution in [1.82, 2.24) is 15.1 Å². The Hall–Kier alpha value is -2.45. The summed E-state index contributed by atoms with van der Waals surface area (Å²) in [4.78, 5) is 2.33. The van der Waals surface area contributed by atoms with Crippen LogP contribution in [0, 0.1) is 25.2 Å². The van der Waals surface area contributed by atoms with Crippen LogP contribution in [0.15, 0.2) is 30.3 Å². The van der Waals surface area contributed by atoms with Crippen LogP contribution in [0.4, 0.5) is 5.82 Å². The van der Waals surface area contributed by atoms with Gasteiger partial charge in [-0.15, -0.1) is 5.10 Å². The van der Waals surface area contributed by atoms with Gasteiger partial charge in [-0.2, -0.15) is 10.4 Å². The predicted octanol–water partition coefficient (Wildman–Crippen LogP) is 3.29. The molecule has 0 aliphatic rings. The highest BCUT2D eigenvalue weighted by Crippen LogP contribution is 2.17. The minimum absolute atomic E-state index is 0.419. The zero-order valence-electron chi connectivity index (χ0n) is 14.9. The molecule has 0 amide bonds. The highest BCUT2D eigenvalue weighted by molar-refractivity contribution is 5.55. The molecule has 0 fully saturated rings. The molecule has 2 rings (SSSR count). The van der Waals surface area contributed by atoms with E-state index in [9.17, 15) is 5.26 Å². The molecule has 0 saturated carbocycles. The van der Waals surface area contributed by atoms with Gasteiger partial charge in [0.25, 0.3) is 0 Å². The zero-order chi connectivity index (χ0) is 17.5. The molecule has 5 nitrogen and oxygen atoms in total. The first-order chi connectivity index (χ1) is 11.5. The largest absolute Gasteiger partial charge is 0.367 e. The predicted molar refractivity (Wildman–Crippen MR) is 96.7 cm³/mol. The second kappa shape index (κ2) is 8.42. The molecule has 1 aromatic carbocycles. The van der Waals surface area contributed by atoms with Gasteiger partial charge in [0.05, 0.1) is 5.69 Å². The van der Waals surface area contributed by atoms with E-state index in [2.05, 4.69) is 64.7 Å². The molecule has 0 bridgehead atoms. The molecule has 126 valence electrons. The normalized spacial score (nSPS) is 12.0. The Morgan fingerprint density at radius 1 is 1.21 bits per heavy atom. The maximum Gasteiger partial charge on any atom is 0.166 e. The minimum Gasteiger partial charge on any atom is -0.367 e. The zero-order valence-corrected chi connectivity index (χ0v) is 14.9. The number of nitriles is 1. The Morgan fingerprint density at radius 3 is 2.58 bits per heavy atom. The standard InChI is InChI=1S/C19H25N5/c1-14(24(4)13-17-8-6-5-7-9-17)10-11-21-19-18(12-20)15(2)16(3)22-23-19/h5-9,14H,10-11,13H2,1-4H3,(H,21,23). The first-order valence-electron chi connectivity index (χ1n) is 8.25. The fourth-order valence-electron chi connectivity index (χ4n) is 2.52. The molecule has 24 heavy (non-hydrogen) atoms. The Bertz CT molecular complexity index is 706. The van der Waals surface area contributed by atoms with Crippen molar-refractivity contribution >= 4 is 5.82 Å². The van der Waals surface area contributed by atoms with Gasteiger partial charge in [-0.05, 0) is 45.4 Å². The topological polar surface area (TPSA) is 64.8 Å². The molecule has 0 aliphatic carbocycles. The highest BCUT2D eigenvalue weighted by atomic mass is 15.2. The monoisotopic (exact) mass is 323 g/mol. The number of nitrogens with zero attached hydrogens (tertiary/aromatic N) is 4. The SMILES string of the molecule is Cc1nnc(NCCC(C)N(C)Cc2ccccc2)c(C#N)c1C. The van der Waals surface area contributed by atoms with Crippen LogP contribution in [0.25, 0.3) is 0 Å². The Morgan fingerprint density at radius 2 is 1.92 bits per heavy atom. The minimum atomic E-state index is 0.419. The van der Waals surface area contributed by atoms with Crippen LogP contribution in [-0.2, 0) is 6.54 Å². The van der Waals surface area contributed by atoms with Crippen LogP contribution in [0.5, 0.6) is 0 Å². The summed E-state index contributed by atoms with van der Waals surface area (Å²) in [6.45, 7) is 7.67. The van der Waals surface area contributed by atoms with Crippen LogP contribution in [-0.4, -0.2) is 34.7 Å². The first kappa shape index (κ1) is 17.9. The van der Waals surface area contributed by atoms with Crippen LogP contribution < -0.4 is 5.32 Å². The third-order valence-corrected chi connectivity index (χ3v) is 4.45. The number of nitrogens with one attached hydrogen (secondary N) is 1. The molecule has 1 aromatic heterocycles. The summed E-state index contributed by atoms with van der Waals surface area (Å²) in [7, 11) is 2.13. The van der Waals surface area contributed by atoms with Gasteiger partial charge in [0.15, 0.2) is 5.82 Å². The van der Waals surface area contributed by atoms with E-state index in [4.69, 9.17) is 0 Å². The summed E-state index contributed by atoms with van der Waals surface area (Å²) in [6.07, 6.45) is 0.961. The van der Waals surface area contributed by atoms with E-state index in [1.807, 2.05) is 19.9 Å². The Balaban J connectivity index is 1.88. The van der Waals surface area contributed by atoms with Crippen molar-refractivity contribution in [2.24, 2.45) is 0 Å². The Kier molecular flexibility index (Phi) is 6.28. The van der Waals surface area contributed by atoms with E-state index in [-0.39, 0.29) is 0 Å². The van der Waals surface area contributed by atoms with E-state index in [1.165, 1.54) is 5.56 Å². The van der Waals surface area contributed by atoms with Crippen molar-refractivity contribution in [3.05, 3.63) is 52.7 Å². The number of aryl methyl sites for hydroxylation is 1. The number of hydrogen-bond acceptors (Lipinski definition) is 5. The molecule has 0 saturated heterocycles. The fourth-order valence-corrected chi connectivity index (χ4v) is 2.52. The lowest BCUT2D eigenvalue weighted by molar-refractivity contribution is 0.242. The van der Waals surface area contributed by atoms with Crippen molar-refractivity contribution in [3.8, 4) is 6.07 Å². The lowest BCUT2D eigenvalue weighted by atomic mass is 10.1. The number of hydrogen-bond donors (Lipinski definition) is 1. The van der Waals surface area contributed by atoms with Crippen LogP contribution in [0.2, 0.25) is 0 Å². The van der Waals surface area contributed by atoms with Gasteiger partial charge in [-0.1, -0.05) is 30.3 Å². The van der Waals surface area contributed by atoms with E-state index in [0.29, 0.717) is 17.4 Å². The molecular weight excluding hydrogens is 298 g/mol. The Labute approximate surface area is 144 Å². The smallest absolute Gasteiger partial charge is 0.166 e. The summed E-state index contributed by atoms with van der Waals surface area (Å²) in [5.74, 6) is 0.582. The molecule has 5 heteroatoms. The average Bonchev–Trinajstić information content (AvgIpc) is 2.59. The number of anilines is 1. The van der Waals surface area contributed by atoms with Crippen LogP contribution in [0.3, 0.4) is 0 Å². The maximum atomic E-state index is 9.32. The van der Waals surface area contributed by atoms with Crippen molar-refractivity contribution in [3.63, 3.8) is 0 Å². The third-order valence-electron chi connectivity index (χ3n) is 4.45. The second-order valence-electron chi connectivity index (χ2n) is 6.21. The van der Waals surface area contributed by atoms with Gasteiger partial charge >= 0.3 is 0 Å². The van der Waals surface area contributed by atoms with Crippen molar-refractivity contribution in [1.29, 1.82) is 5.26 Å². The molecule has 0 spiro atoms. The van der Waals surface area contributed by atoms with E-state index >= 15 is 0 Å². The molecule has 0 radical (unpaired) electrons. The van der Waals surface area contributed by atoms with Gasteiger partial charge in [-0.25, -0.2) is 0 Å². The van der Waals surface area contributed by atoms with Crippen molar-refractivity contribution in [2.75, 3.05) is 18.9 Å².